The van der Waals surface area contributed by atoms with Crippen LogP contribution in [0.2, 0.25) is 0 Å². The molecule has 0 heterocycles. The second kappa shape index (κ2) is 5.83. The second-order valence-corrected chi connectivity index (χ2v) is 4.40. The molecule has 2 unspecified atom stereocenters. The predicted octanol–water partition coefficient (Wildman–Crippen LogP) is 1.98. The average Bonchev–Trinajstić information content (AvgIpc) is 2.24. The molecule has 1 aliphatic carbocycles. The van der Waals surface area contributed by atoms with E-state index < -0.39 is 0 Å². The first kappa shape index (κ1) is 12.9. The van der Waals surface area contributed by atoms with Gasteiger partial charge in [0.25, 0.3) is 0 Å². The Hall–Kier alpha value is -0.120. The molecular weight excluding hydrogens is 192 g/mol. The van der Waals surface area contributed by atoms with Crippen LogP contribution in [0.4, 0.5) is 0 Å². The van der Waals surface area contributed by atoms with Gasteiger partial charge in [0.15, 0.2) is 0 Å². The van der Waals surface area contributed by atoms with Gasteiger partial charge in [-0.3, -0.25) is 0 Å². The average molecular weight is 216 g/mol. The third-order valence-corrected chi connectivity index (χ3v) is 3.87. The first-order valence-electron chi connectivity index (χ1n) is 5.99. The molecular formula is C12H24O3. The van der Waals surface area contributed by atoms with Crippen molar-refractivity contribution in [3.05, 3.63) is 0 Å². The molecule has 0 aromatic carbocycles. The van der Waals surface area contributed by atoms with Crippen molar-refractivity contribution in [1.29, 1.82) is 0 Å². The fourth-order valence-electron chi connectivity index (χ4n) is 2.57. The first-order chi connectivity index (χ1) is 7.21. The van der Waals surface area contributed by atoms with E-state index in [1.165, 1.54) is 0 Å². The maximum absolute atomic E-state index is 9.83. The fraction of sp³-hybridized carbons (Fsp3) is 1.00. The smallest absolute Gasteiger partial charge is 0.0680 e. The molecule has 0 radical (unpaired) electrons. The molecule has 1 saturated carbocycles. The van der Waals surface area contributed by atoms with E-state index in [-0.39, 0.29) is 17.6 Å². The van der Waals surface area contributed by atoms with Gasteiger partial charge in [-0.2, -0.15) is 0 Å². The number of hydrogen-bond donors (Lipinski definition) is 1. The first-order valence-corrected chi connectivity index (χ1v) is 5.99. The number of methoxy groups -OCH3 is 1. The minimum atomic E-state index is -0.167. The number of aliphatic hydroxyl groups excluding tert-OH is 1. The molecule has 0 amide bonds. The maximum atomic E-state index is 9.83. The molecule has 3 heteroatoms. The summed E-state index contributed by atoms with van der Waals surface area (Å²) in [6.45, 7) is 5.77. The largest absolute Gasteiger partial charge is 0.392 e. The highest BCUT2D eigenvalue weighted by atomic mass is 16.5. The van der Waals surface area contributed by atoms with Crippen molar-refractivity contribution in [2.75, 3.05) is 20.3 Å². The lowest BCUT2D eigenvalue weighted by molar-refractivity contribution is -0.196. The SMILES string of the molecule is CCC1(CC)C(O)CC1OCCCOC. The van der Waals surface area contributed by atoms with Crippen molar-refractivity contribution in [1.82, 2.24) is 0 Å². The summed E-state index contributed by atoms with van der Waals surface area (Å²) in [5.41, 5.74) is 0.0209. The Kier molecular flexibility index (Phi) is 5.03. The molecule has 90 valence electrons. The summed E-state index contributed by atoms with van der Waals surface area (Å²) in [5.74, 6) is 0. The zero-order chi connectivity index (χ0) is 11.3. The summed E-state index contributed by atoms with van der Waals surface area (Å²) in [6, 6.07) is 0. The Labute approximate surface area is 92.8 Å². The van der Waals surface area contributed by atoms with Crippen molar-refractivity contribution < 1.29 is 14.6 Å². The summed E-state index contributed by atoms with van der Waals surface area (Å²) in [5, 5.41) is 9.83. The van der Waals surface area contributed by atoms with Gasteiger partial charge in [0.2, 0.25) is 0 Å². The van der Waals surface area contributed by atoms with Crippen molar-refractivity contribution >= 4 is 0 Å². The van der Waals surface area contributed by atoms with Gasteiger partial charge in [0, 0.05) is 32.2 Å². The molecule has 15 heavy (non-hydrogen) atoms. The van der Waals surface area contributed by atoms with Gasteiger partial charge >= 0.3 is 0 Å². The van der Waals surface area contributed by atoms with Gasteiger partial charge in [0.05, 0.1) is 12.2 Å². The maximum Gasteiger partial charge on any atom is 0.0680 e. The monoisotopic (exact) mass is 216 g/mol. The van der Waals surface area contributed by atoms with Crippen LogP contribution in [0.15, 0.2) is 0 Å². The minimum Gasteiger partial charge on any atom is -0.392 e. The molecule has 0 aromatic heterocycles. The molecule has 1 rings (SSSR count). The van der Waals surface area contributed by atoms with E-state index in [4.69, 9.17) is 9.47 Å². The van der Waals surface area contributed by atoms with Crippen LogP contribution in [-0.4, -0.2) is 37.6 Å². The molecule has 0 spiro atoms. The van der Waals surface area contributed by atoms with Crippen LogP contribution in [0.5, 0.6) is 0 Å². The lowest BCUT2D eigenvalue weighted by Crippen LogP contribution is -2.57. The predicted molar refractivity (Wildman–Crippen MR) is 59.9 cm³/mol. The van der Waals surface area contributed by atoms with Crippen LogP contribution in [0.3, 0.4) is 0 Å². The normalized spacial score (nSPS) is 28.8. The highest BCUT2D eigenvalue weighted by molar-refractivity contribution is 5.02. The molecule has 0 aromatic rings. The van der Waals surface area contributed by atoms with E-state index >= 15 is 0 Å². The quantitative estimate of drug-likeness (QED) is 0.661. The van der Waals surface area contributed by atoms with Crippen LogP contribution in [-0.2, 0) is 9.47 Å². The number of ether oxygens (including phenoxy) is 2. The zero-order valence-corrected chi connectivity index (χ0v) is 10.2. The van der Waals surface area contributed by atoms with E-state index in [0.717, 1.165) is 38.9 Å². The Bertz CT molecular complexity index is 178. The van der Waals surface area contributed by atoms with E-state index in [1.54, 1.807) is 7.11 Å². The summed E-state index contributed by atoms with van der Waals surface area (Å²) >= 11 is 0. The second-order valence-electron chi connectivity index (χ2n) is 4.40. The van der Waals surface area contributed by atoms with Crippen molar-refractivity contribution in [2.45, 2.75) is 51.7 Å². The summed E-state index contributed by atoms with van der Waals surface area (Å²) in [7, 11) is 1.70. The molecule has 0 aliphatic heterocycles. The molecule has 0 bridgehead atoms. The molecule has 3 nitrogen and oxygen atoms in total. The molecule has 2 atom stereocenters. The molecule has 1 fully saturated rings. The minimum absolute atomic E-state index is 0.0209. The van der Waals surface area contributed by atoms with E-state index in [2.05, 4.69) is 13.8 Å². The van der Waals surface area contributed by atoms with E-state index in [0.29, 0.717) is 0 Å². The summed E-state index contributed by atoms with van der Waals surface area (Å²) < 4.78 is 10.8. The van der Waals surface area contributed by atoms with Crippen LogP contribution >= 0.6 is 0 Å². The highest BCUT2D eigenvalue weighted by Gasteiger charge is 2.52. The third-order valence-electron chi connectivity index (χ3n) is 3.87. The summed E-state index contributed by atoms with van der Waals surface area (Å²) in [6.07, 6.45) is 3.82. The molecule has 0 saturated heterocycles. The lowest BCUT2D eigenvalue weighted by atomic mass is 9.60. The van der Waals surface area contributed by atoms with Gasteiger partial charge in [-0.25, -0.2) is 0 Å². The van der Waals surface area contributed by atoms with Gasteiger partial charge in [-0.15, -0.1) is 0 Å². The zero-order valence-electron chi connectivity index (χ0n) is 10.2. The van der Waals surface area contributed by atoms with Gasteiger partial charge in [0.1, 0.15) is 0 Å². The Morgan fingerprint density at radius 1 is 1.27 bits per heavy atom. The highest BCUT2D eigenvalue weighted by Crippen LogP contribution is 2.48. The van der Waals surface area contributed by atoms with Gasteiger partial charge < -0.3 is 14.6 Å². The van der Waals surface area contributed by atoms with Gasteiger partial charge in [-0.1, -0.05) is 13.8 Å². The topological polar surface area (TPSA) is 38.7 Å². The molecule has 1 N–H and O–H groups in total. The molecule has 1 aliphatic rings. The number of aliphatic hydroxyl groups is 1. The third kappa shape index (κ3) is 2.52. The van der Waals surface area contributed by atoms with E-state index in [1.807, 2.05) is 0 Å². The Balaban J connectivity index is 2.30. The van der Waals surface area contributed by atoms with Crippen molar-refractivity contribution in [3.8, 4) is 0 Å². The fourth-order valence-corrected chi connectivity index (χ4v) is 2.57. The van der Waals surface area contributed by atoms with Crippen LogP contribution in [0, 0.1) is 5.41 Å². The Morgan fingerprint density at radius 3 is 2.40 bits per heavy atom. The lowest BCUT2D eigenvalue weighted by Gasteiger charge is -2.52. The standard InChI is InChI=1S/C12H24O3/c1-4-12(5-2)10(13)9-11(12)15-8-6-7-14-3/h10-11,13H,4-9H2,1-3H3. The van der Waals surface area contributed by atoms with Crippen LogP contribution in [0.1, 0.15) is 39.5 Å². The number of hydrogen-bond acceptors (Lipinski definition) is 3. The van der Waals surface area contributed by atoms with Crippen molar-refractivity contribution in [3.63, 3.8) is 0 Å². The van der Waals surface area contributed by atoms with Crippen molar-refractivity contribution in [2.24, 2.45) is 5.41 Å². The summed E-state index contributed by atoms with van der Waals surface area (Å²) in [4.78, 5) is 0. The van der Waals surface area contributed by atoms with E-state index in [9.17, 15) is 5.11 Å². The number of rotatable bonds is 7. The van der Waals surface area contributed by atoms with Gasteiger partial charge in [-0.05, 0) is 19.3 Å². The van der Waals surface area contributed by atoms with Crippen LogP contribution < -0.4 is 0 Å². The Morgan fingerprint density at radius 2 is 1.93 bits per heavy atom. The van der Waals surface area contributed by atoms with Crippen LogP contribution in [0.25, 0.3) is 0 Å².